The van der Waals surface area contributed by atoms with E-state index in [-0.39, 0.29) is 0 Å². The van der Waals surface area contributed by atoms with Gasteiger partial charge in [-0.3, -0.25) is 0 Å². The zero-order valence-electron chi connectivity index (χ0n) is 9.11. The summed E-state index contributed by atoms with van der Waals surface area (Å²) in [5.41, 5.74) is 1.64. The summed E-state index contributed by atoms with van der Waals surface area (Å²) in [4.78, 5) is 15.5. The molecule has 0 spiro atoms. The van der Waals surface area contributed by atoms with Gasteiger partial charge in [0, 0.05) is 11.4 Å². The maximum absolute atomic E-state index is 10.9. The minimum atomic E-state index is -0.914. The Bertz CT molecular complexity index is 548. The van der Waals surface area contributed by atoms with Crippen LogP contribution in [0.1, 0.15) is 25.9 Å². The molecule has 0 aliphatic carbocycles. The fourth-order valence-electron chi connectivity index (χ4n) is 1.50. The topological polar surface area (TPSA) is 50.2 Å². The fraction of sp³-hybridized carbons (Fsp3) is 0.167. The Hall–Kier alpha value is -1.39. The van der Waals surface area contributed by atoms with Crippen LogP contribution in [0, 0.1) is 6.92 Å². The Morgan fingerprint density at radius 3 is 2.59 bits per heavy atom. The van der Waals surface area contributed by atoms with Crippen molar-refractivity contribution >= 4 is 28.9 Å². The van der Waals surface area contributed by atoms with E-state index >= 15 is 0 Å². The molecule has 88 valence electrons. The van der Waals surface area contributed by atoms with Crippen LogP contribution in [0.3, 0.4) is 0 Å². The molecule has 1 aromatic carbocycles. The predicted molar refractivity (Wildman–Crippen MR) is 68.1 cm³/mol. The van der Waals surface area contributed by atoms with Crippen LogP contribution in [0.2, 0.25) is 5.02 Å². The number of hydrogen-bond donors (Lipinski definition) is 1. The molecule has 2 rings (SSSR count). The first kappa shape index (κ1) is 12.1. The van der Waals surface area contributed by atoms with Crippen LogP contribution in [-0.2, 0) is 6.42 Å². The van der Waals surface area contributed by atoms with Gasteiger partial charge in [-0.05, 0) is 24.6 Å². The van der Waals surface area contributed by atoms with Gasteiger partial charge in [0.1, 0.15) is 4.88 Å². The predicted octanol–water partition coefficient (Wildman–Crippen LogP) is 3.39. The van der Waals surface area contributed by atoms with Crippen molar-refractivity contribution in [1.82, 2.24) is 4.98 Å². The zero-order chi connectivity index (χ0) is 12.4. The Morgan fingerprint density at radius 1 is 1.41 bits per heavy atom. The number of aromatic carboxylic acids is 1. The monoisotopic (exact) mass is 267 g/mol. The van der Waals surface area contributed by atoms with E-state index < -0.39 is 5.97 Å². The highest BCUT2D eigenvalue weighted by Crippen LogP contribution is 2.21. The summed E-state index contributed by atoms with van der Waals surface area (Å²) < 4.78 is 0. The first-order valence-corrected chi connectivity index (χ1v) is 6.20. The van der Waals surface area contributed by atoms with E-state index in [9.17, 15) is 4.79 Å². The number of aromatic nitrogens is 1. The number of thiazole rings is 1. The third-order valence-corrected chi connectivity index (χ3v) is 3.70. The molecule has 1 aromatic heterocycles. The molecule has 0 aliphatic rings. The number of benzene rings is 1. The maximum Gasteiger partial charge on any atom is 0.347 e. The minimum Gasteiger partial charge on any atom is -0.477 e. The molecule has 0 saturated carbocycles. The van der Waals surface area contributed by atoms with E-state index in [2.05, 4.69) is 4.98 Å². The third-order valence-electron chi connectivity index (χ3n) is 2.30. The van der Waals surface area contributed by atoms with Crippen LogP contribution in [0.5, 0.6) is 0 Å². The van der Waals surface area contributed by atoms with Crippen LogP contribution in [0.4, 0.5) is 0 Å². The van der Waals surface area contributed by atoms with Crippen molar-refractivity contribution in [2.75, 3.05) is 0 Å². The van der Waals surface area contributed by atoms with Crippen molar-refractivity contribution in [3.05, 3.63) is 50.4 Å². The Morgan fingerprint density at radius 2 is 2.06 bits per heavy atom. The summed E-state index contributed by atoms with van der Waals surface area (Å²) >= 11 is 7.02. The number of rotatable bonds is 3. The Kier molecular flexibility index (Phi) is 3.45. The quantitative estimate of drug-likeness (QED) is 0.927. The van der Waals surface area contributed by atoms with Gasteiger partial charge in [-0.2, -0.15) is 0 Å². The average molecular weight is 268 g/mol. The van der Waals surface area contributed by atoms with Gasteiger partial charge in [-0.1, -0.05) is 23.7 Å². The third kappa shape index (κ3) is 2.84. The molecule has 17 heavy (non-hydrogen) atoms. The number of nitrogens with zero attached hydrogens (tertiary/aromatic N) is 1. The number of halogens is 1. The minimum absolute atomic E-state index is 0.314. The second kappa shape index (κ2) is 4.85. The Labute approximate surface area is 108 Å². The first-order valence-electron chi connectivity index (χ1n) is 5.00. The molecule has 5 heteroatoms. The van der Waals surface area contributed by atoms with Gasteiger partial charge in [0.05, 0.1) is 10.7 Å². The summed E-state index contributed by atoms with van der Waals surface area (Å²) in [6.45, 7) is 1.71. The molecule has 0 radical (unpaired) electrons. The lowest BCUT2D eigenvalue weighted by molar-refractivity contribution is 0.0701. The molecule has 2 aromatic rings. The van der Waals surface area contributed by atoms with E-state index in [4.69, 9.17) is 16.7 Å². The molecule has 0 saturated heterocycles. The van der Waals surface area contributed by atoms with Crippen LogP contribution in [-0.4, -0.2) is 16.1 Å². The van der Waals surface area contributed by atoms with Crippen molar-refractivity contribution in [3.8, 4) is 0 Å². The van der Waals surface area contributed by atoms with Crippen LogP contribution < -0.4 is 0 Å². The molecule has 0 atom stereocenters. The standard InChI is InChI=1S/C12H10ClNO2S/c1-7-11(12(15)16)17-10(14-7)6-8-2-4-9(13)5-3-8/h2-5H,6H2,1H3,(H,15,16). The van der Waals surface area contributed by atoms with E-state index in [1.807, 2.05) is 24.3 Å². The highest BCUT2D eigenvalue weighted by molar-refractivity contribution is 7.13. The highest BCUT2D eigenvalue weighted by atomic mass is 35.5. The van der Waals surface area contributed by atoms with Gasteiger partial charge >= 0.3 is 5.97 Å². The zero-order valence-corrected chi connectivity index (χ0v) is 10.7. The van der Waals surface area contributed by atoms with Crippen molar-refractivity contribution in [2.45, 2.75) is 13.3 Å². The van der Waals surface area contributed by atoms with Gasteiger partial charge < -0.3 is 5.11 Å². The van der Waals surface area contributed by atoms with Crippen molar-refractivity contribution in [2.24, 2.45) is 0 Å². The molecule has 0 unspecified atom stereocenters. The number of carboxylic acids is 1. The number of carboxylic acid groups (broad SMARTS) is 1. The maximum atomic E-state index is 10.9. The smallest absolute Gasteiger partial charge is 0.347 e. The molecular weight excluding hydrogens is 258 g/mol. The average Bonchev–Trinajstić information content (AvgIpc) is 2.63. The second-order valence-corrected chi connectivity index (χ2v) is 5.15. The van der Waals surface area contributed by atoms with Crippen LogP contribution in [0.15, 0.2) is 24.3 Å². The van der Waals surface area contributed by atoms with Gasteiger partial charge in [0.15, 0.2) is 0 Å². The first-order chi connectivity index (χ1) is 8.06. The van der Waals surface area contributed by atoms with E-state index in [1.165, 1.54) is 11.3 Å². The second-order valence-electron chi connectivity index (χ2n) is 3.63. The van der Waals surface area contributed by atoms with Crippen molar-refractivity contribution in [3.63, 3.8) is 0 Å². The van der Waals surface area contributed by atoms with Gasteiger partial charge in [0.25, 0.3) is 0 Å². The SMILES string of the molecule is Cc1nc(Cc2ccc(Cl)cc2)sc1C(=O)O. The summed E-state index contributed by atoms with van der Waals surface area (Å²) in [5.74, 6) is -0.914. The molecule has 1 heterocycles. The largest absolute Gasteiger partial charge is 0.477 e. The molecule has 0 bridgehead atoms. The summed E-state index contributed by atoms with van der Waals surface area (Å²) in [6, 6.07) is 7.46. The normalized spacial score (nSPS) is 10.5. The summed E-state index contributed by atoms with van der Waals surface area (Å²) in [5, 5.41) is 10.4. The molecule has 0 aliphatic heterocycles. The van der Waals surface area contributed by atoms with Gasteiger partial charge in [-0.25, -0.2) is 9.78 Å². The molecule has 3 nitrogen and oxygen atoms in total. The van der Waals surface area contributed by atoms with Crippen LogP contribution >= 0.6 is 22.9 Å². The number of carbonyl (C=O) groups is 1. The van der Waals surface area contributed by atoms with E-state index in [0.29, 0.717) is 22.0 Å². The highest BCUT2D eigenvalue weighted by Gasteiger charge is 2.13. The Balaban J connectivity index is 2.22. The number of aryl methyl sites for hydroxylation is 1. The fourth-order valence-corrected chi connectivity index (χ4v) is 2.57. The van der Waals surface area contributed by atoms with Crippen LogP contribution in [0.25, 0.3) is 0 Å². The lowest BCUT2D eigenvalue weighted by atomic mass is 10.2. The molecule has 0 fully saturated rings. The van der Waals surface area contributed by atoms with Gasteiger partial charge in [-0.15, -0.1) is 11.3 Å². The summed E-state index contributed by atoms with van der Waals surface area (Å²) in [6.07, 6.45) is 0.635. The van der Waals surface area contributed by atoms with E-state index in [1.54, 1.807) is 6.92 Å². The van der Waals surface area contributed by atoms with Crippen molar-refractivity contribution in [1.29, 1.82) is 0 Å². The number of hydrogen-bond acceptors (Lipinski definition) is 3. The lowest BCUT2D eigenvalue weighted by Gasteiger charge is -1.97. The molecule has 1 N–H and O–H groups in total. The lowest BCUT2D eigenvalue weighted by Crippen LogP contribution is -1.94. The van der Waals surface area contributed by atoms with Crippen molar-refractivity contribution < 1.29 is 9.90 Å². The molecular formula is C12H10ClNO2S. The van der Waals surface area contributed by atoms with E-state index in [0.717, 1.165) is 10.6 Å². The molecule has 0 amide bonds. The summed E-state index contributed by atoms with van der Waals surface area (Å²) in [7, 11) is 0. The van der Waals surface area contributed by atoms with Gasteiger partial charge in [0.2, 0.25) is 0 Å².